The minimum Gasteiger partial charge on any atom is -0.367 e. The third-order valence-corrected chi connectivity index (χ3v) is 6.29. The summed E-state index contributed by atoms with van der Waals surface area (Å²) < 4.78 is 6.63. The lowest BCUT2D eigenvalue weighted by atomic mass is 9.73. The van der Waals surface area contributed by atoms with Crippen LogP contribution in [0.2, 0.25) is 0 Å². The van der Waals surface area contributed by atoms with Crippen LogP contribution in [0.3, 0.4) is 0 Å². The van der Waals surface area contributed by atoms with Crippen LogP contribution in [0.15, 0.2) is 23.8 Å². The molecular weight excluding hydrogens is 280 g/mol. The van der Waals surface area contributed by atoms with Crippen molar-refractivity contribution in [2.75, 3.05) is 0 Å². The first kappa shape index (κ1) is 18.8. The highest BCUT2D eigenvalue weighted by Gasteiger charge is 2.37. The zero-order valence-electron chi connectivity index (χ0n) is 16.3. The highest BCUT2D eigenvalue weighted by atomic mass is 16.5. The maximum Gasteiger partial charge on any atom is 0.0801 e. The van der Waals surface area contributed by atoms with Gasteiger partial charge in [0.1, 0.15) is 0 Å². The van der Waals surface area contributed by atoms with Gasteiger partial charge in [0.05, 0.1) is 11.7 Å². The fraction of sp³-hybridized carbons (Fsp3) is 0.818. The van der Waals surface area contributed by atoms with Gasteiger partial charge < -0.3 is 4.74 Å². The lowest BCUT2D eigenvalue weighted by Gasteiger charge is -2.39. The van der Waals surface area contributed by atoms with Gasteiger partial charge in [-0.3, -0.25) is 0 Å². The average molecular weight is 319 g/mol. The first-order chi connectivity index (χ1) is 10.8. The van der Waals surface area contributed by atoms with Crippen molar-refractivity contribution in [1.82, 2.24) is 0 Å². The Balaban J connectivity index is 1.99. The van der Waals surface area contributed by atoms with Crippen LogP contribution in [-0.2, 0) is 4.74 Å². The van der Waals surface area contributed by atoms with Gasteiger partial charge in [-0.1, -0.05) is 65.7 Å². The Kier molecular flexibility index (Phi) is 6.16. The van der Waals surface area contributed by atoms with E-state index in [1.807, 2.05) is 0 Å². The second-order valence-corrected chi connectivity index (χ2v) is 8.93. The summed E-state index contributed by atoms with van der Waals surface area (Å²) >= 11 is 0. The molecule has 0 saturated heterocycles. The summed E-state index contributed by atoms with van der Waals surface area (Å²) in [5.41, 5.74) is 1.91. The van der Waals surface area contributed by atoms with Crippen LogP contribution in [0, 0.1) is 17.3 Å². The molecule has 1 fully saturated rings. The number of rotatable bonds is 6. The van der Waals surface area contributed by atoms with Gasteiger partial charge in [0.15, 0.2) is 0 Å². The van der Waals surface area contributed by atoms with Crippen LogP contribution < -0.4 is 0 Å². The average Bonchev–Trinajstić information content (AvgIpc) is 3.03. The van der Waals surface area contributed by atoms with Crippen LogP contribution in [-0.4, -0.2) is 11.7 Å². The van der Waals surface area contributed by atoms with E-state index in [1.165, 1.54) is 37.7 Å². The highest BCUT2D eigenvalue weighted by molar-refractivity contribution is 5.28. The van der Waals surface area contributed by atoms with Gasteiger partial charge in [0.2, 0.25) is 0 Å². The van der Waals surface area contributed by atoms with E-state index in [0.717, 1.165) is 18.8 Å². The van der Waals surface area contributed by atoms with Gasteiger partial charge in [-0.15, -0.1) is 0 Å². The van der Waals surface area contributed by atoms with E-state index in [4.69, 9.17) is 4.74 Å². The van der Waals surface area contributed by atoms with E-state index in [2.05, 4.69) is 59.8 Å². The molecule has 0 spiro atoms. The molecule has 3 atom stereocenters. The fourth-order valence-electron chi connectivity index (χ4n) is 4.66. The summed E-state index contributed by atoms with van der Waals surface area (Å²) in [6.45, 7) is 14.0. The lowest BCUT2D eigenvalue weighted by molar-refractivity contribution is -0.101. The molecule has 1 nitrogen and oxygen atoms in total. The molecule has 2 aliphatic carbocycles. The third-order valence-electron chi connectivity index (χ3n) is 6.29. The van der Waals surface area contributed by atoms with Gasteiger partial charge in [0.25, 0.3) is 0 Å². The van der Waals surface area contributed by atoms with Crippen molar-refractivity contribution in [3.63, 3.8) is 0 Å². The van der Waals surface area contributed by atoms with E-state index in [-0.39, 0.29) is 11.7 Å². The van der Waals surface area contributed by atoms with Crippen LogP contribution in [0.25, 0.3) is 0 Å². The van der Waals surface area contributed by atoms with Crippen molar-refractivity contribution >= 4 is 0 Å². The molecular formula is C22H38O. The number of hydrogen-bond acceptors (Lipinski definition) is 1. The lowest BCUT2D eigenvalue weighted by Crippen LogP contribution is -2.39. The monoisotopic (exact) mass is 318 g/mol. The smallest absolute Gasteiger partial charge is 0.0801 e. The largest absolute Gasteiger partial charge is 0.367 e. The molecule has 132 valence electrons. The third kappa shape index (κ3) is 4.50. The fourth-order valence-corrected chi connectivity index (χ4v) is 4.66. The SMILES string of the molecule is CCC(C1=CCC(OC(C)(CC)C2CCCC2)C=C1)C(C)(C)C. The summed E-state index contributed by atoms with van der Waals surface area (Å²) in [6.07, 6.45) is 16.2. The zero-order chi connectivity index (χ0) is 17.1. The van der Waals surface area contributed by atoms with Crippen LogP contribution in [0.4, 0.5) is 0 Å². The summed E-state index contributed by atoms with van der Waals surface area (Å²) in [6, 6.07) is 0. The minimum absolute atomic E-state index is 0.0606. The van der Waals surface area contributed by atoms with Crippen LogP contribution in [0.1, 0.15) is 86.5 Å². The number of hydrogen-bond donors (Lipinski definition) is 0. The summed E-state index contributed by atoms with van der Waals surface area (Å²) in [7, 11) is 0. The van der Waals surface area contributed by atoms with Crippen molar-refractivity contribution < 1.29 is 4.74 Å². The van der Waals surface area contributed by atoms with Crippen molar-refractivity contribution in [2.45, 2.75) is 98.2 Å². The first-order valence-electron chi connectivity index (χ1n) is 9.86. The predicted octanol–water partition coefficient (Wildman–Crippen LogP) is 6.69. The van der Waals surface area contributed by atoms with Crippen molar-refractivity contribution in [1.29, 1.82) is 0 Å². The van der Waals surface area contributed by atoms with Crippen LogP contribution >= 0.6 is 0 Å². The van der Waals surface area contributed by atoms with Crippen molar-refractivity contribution in [3.05, 3.63) is 23.8 Å². The molecule has 2 rings (SSSR count). The number of allylic oxidation sites excluding steroid dienone is 2. The summed E-state index contributed by atoms with van der Waals surface area (Å²) in [4.78, 5) is 0. The highest BCUT2D eigenvalue weighted by Crippen LogP contribution is 2.41. The molecule has 0 aromatic rings. The van der Waals surface area contributed by atoms with Gasteiger partial charge in [-0.05, 0) is 61.9 Å². The van der Waals surface area contributed by atoms with Crippen molar-refractivity contribution in [3.8, 4) is 0 Å². The van der Waals surface area contributed by atoms with E-state index in [9.17, 15) is 0 Å². The van der Waals surface area contributed by atoms with Gasteiger partial charge in [-0.25, -0.2) is 0 Å². The molecule has 0 N–H and O–H groups in total. The standard InChI is InChI=1S/C22H38O/c1-7-20(21(3,4)5)17-13-15-19(16-14-17)23-22(6,8-2)18-11-9-10-12-18/h13-15,18-20H,7-12,16H2,1-6H3. The summed E-state index contributed by atoms with van der Waals surface area (Å²) in [5, 5.41) is 0. The Morgan fingerprint density at radius 1 is 1.13 bits per heavy atom. The van der Waals surface area contributed by atoms with Gasteiger partial charge in [0, 0.05) is 0 Å². The molecule has 0 aliphatic heterocycles. The molecule has 0 amide bonds. The van der Waals surface area contributed by atoms with E-state index in [0.29, 0.717) is 11.3 Å². The topological polar surface area (TPSA) is 9.23 Å². The van der Waals surface area contributed by atoms with Crippen molar-refractivity contribution in [2.24, 2.45) is 17.3 Å². The Bertz CT molecular complexity index is 433. The minimum atomic E-state index is 0.0606. The Labute approximate surface area is 144 Å². The zero-order valence-corrected chi connectivity index (χ0v) is 16.3. The second kappa shape index (κ2) is 7.55. The molecule has 0 aromatic heterocycles. The van der Waals surface area contributed by atoms with E-state index >= 15 is 0 Å². The molecule has 0 bridgehead atoms. The van der Waals surface area contributed by atoms with Crippen LogP contribution in [0.5, 0.6) is 0 Å². The summed E-state index contributed by atoms with van der Waals surface area (Å²) in [5.74, 6) is 1.40. The number of ether oxygens (including phenoxy) is 1. The Morgan fingerprint density at radius 2 is 1.78 bits per heavy atom. The molecule has 0 radical (unpaired) electrons. The quantitative estimate of drug-likeness (QED) is 0.530. The maximum absolute atomic E-state index is 6.63. The molecule has 3 unspecified atom stereocenters. The molecule has 0 aromatic carbocycles. The normalized spacial score (nSPS) is 26.9. The molecule has 1 heteroatoms. The van der Waals surface area contributed by atoms with E-state index in [1.54, 1.807) is 0 Å². The van der Waals surface area contributed by atoms with E-state index < -0.39 is 0 Å². The Morgan fingerprint density at radius 3 is 2.22 bits per heavy atom. The molecule has 0 heterocycles. The van der Waals surface area contributed by atoms with Gasteiger partial charge in [-0.2, -0.15) is 0 Å². The predicted molar refractivity (Wildman–Crippen MR) is 101 cm³/mol. The first-order valence-corrected chi connectivity index (χ1v) is 9.86. The second-order valence-electron chi connectivity index (χ2n) is 8.93. The molecule has 23 heavy (non-hydrogen) atoms. The van der Waals surface area contributed by atoms with Gasteiger partial charge >= 0.3 is 0 Å². The Hall–Kier alpha value is -0.560. The maximum atomic E-state index is 6.63. The molecule has 1 saturated carbocycles. The molecule has 2 aliphatic rings.